The molecule has 0 aliphatic rings. The van der Waals surface area contributed by atoms with E-state index in [4.69, 9.17) is 10.2 Å². The molecule has 1 aromatic rings. The number of carboxylic acids is 1. The van der Waals surface area contributed by atoms with Crippen LogP contribution in [0.25, 0.3) is 6.08 Å². The Bertz CT molecular complexity index is 450. The smallest absolute Gasteiger partial charge is 0.416 e. The molecule has 0 saturated heterocycles. The van der Waals surface area contributed by atoms with Gasteiger partial charge >= 0.3 is 12.1 Å². The number of benzene rings is 1. The van der Waals surface area contributed by atoms with Gasteiger partial charge < -0.3 is 10.2 Å². The Morgan fingerprint density at radius 1 is 1.35 bits per heavy atom. The van der Waals surface area contributed by atoms with Gasteiger partial charge in [0.25, 0.3) is 0 Å². The van der Waals surface area contributed by atoms with E-state index in [0.29, 0.717) is 0 Å². The molecule has 1 aromatic carbocycles. The summed E-state index contributed by atoms with van der Waals surface area (Å²) in [6, 6.07) is 2.75. The number of aliphatic hydroxyl groups is 1. The van der Waals surface area contributed by atoms with Gasteiger partial charge in [0.1, 0.15) is 0 Å². The molecule has 0 spiro atoms. The Kier molecular flexibility index (Phi) is 3.90. The number of hydrogen-bond acceptors (Lipinski definition) is 2. The van der Waals surface area contributed by atoms with E-state index in [9.17, 15) is 18.0 Å². The van der Waals surface area contributed by atoms with E-state index in [1.807, 2.05) is 0 Å². The van der Waals surface area contributed by atoms with Gasteiger partial charge in [-0.15, -0.1) is 0 Å². The molecule has 2 N–H and O–H groups in total. The first-order valence-corrected chi connectivity index (χ1v) is 4.56. The van der Waals surface area contributed by atoms with Crippen molar-refractivity contribution >= 4 is 12.0 Å². The second kappa shape index (κ2) is 5.01. The van der Waals surface area contributed by atoms with Gasteiger partial charge in [0, 0.05) is 6.08 Å². The molecule has 0 unspecified atom stereocenters. The molecule has 6 heteroatoms. The lowest BCUT2D eigenvalue weighted by atomic mass is 10.0. The van der Waals surface area contributed by atoms with Crippen molar-refractivity contribution in [2.45, 2.75) is 12.8 Å². The Morgan fingerprint density at radius 2 is 2.00 bits per heavy atom. The summed E-state index contributed by atoms with van der Waals surface area (Å²) in [4.78, 5) is 10.3. The molecule has 0 radical (unpaired) electrons. The summed E-state index contributed by atoms with van der Waals surface area (Å²) in [6.45, 7) is -0.594. The minimum absolute atomic E-state index is 0.0253. The summed E-state index contributed by atoms with van der Waals surface area (Å²) in [5.41, 5.74) is -0.616. The molecular weight excluding hydrogens is 237 g/mol. The molecular formula is C11H9F3O3. The number of aliphatic carboxylic acids is 1. The molecule has 0 aliphatic heterocycles. The van der Waals surface area contributed by atoms with Crippen molar-refractivity contribution in [3.05, 3.63) is 41.0 Å². The van der Waals surface area contributed by atoms with Gasteiger partial charge in [-0.3, -0.25) is 0 Å². The van der Waals surface area contributed by atoms with Crippen LogP contribution in [0.3, 0.4) is 0 Å². The molecule has 0 aromatic heterocycles. The average Bonchev–Trinajstić information content (AvgIpc) is 2.24. The van der Waals surface area contributed by atoms with Crippen molar-refractivity contribution in [3.63, 3.8) is 0 Å². The van der Waals surface area contributed by atoms with E-state index in [1.54, 1.807) is 0 Å². The van der Waals surface area contributed by atoms with E-state index >= 15 is 0 Å². The Hall–Kier alpha value is -1.82. The zero-order chi connectivity index (χ0) is 13.1. The normalized spacial score (nSPS) is 12.0. The minimum Gasteiger partial charge on any atom is -0.478 e. The monoisotopic (exact) mass is 246 g/mol. The van der Waals surface area contributed by atoms with Crippen molar-refractivity contribution in [3.8, 4) is 0 Å². The Labute approximate surface area is 94.8 Å². The Balaban J connectivity index is 3.14. The van der Waals surface area contributed by atoms with Crippen LogP contribution < -0.4 is 0 Å². The molecule has 0 aliphatic carbocycles. The van der Waals surface area contributed by atoms with Crippen LogP contribution in [-0.4, -0.2) is 16.2 Å². The fourth-order valence-corrected chi connectivity index (χ4v) is 1.24. The average molecular weight is 246 g/mol. The lowest BCUT2D eigenvalue weighted by Crippen LogP contribution is -2.06. The van der Waals surface area contributed by atoms with E-state index in [2.05, 4.69) is 0 Å². The van der Waals surface area contributed by atoms with Crippen molar-refractivity contribution in [2.75, 3.05) is 0 Å². The fourth-order valence-electron chi connectivity index (χ4n) is 1.24. The zero-order valence-corrected chi connectivity index (χ0v) is 8.53. The van der Waals surface area contributed by atoms with Gasteiger partial charge in [-0.1, -0.05) is 6.07 Å². The molecule has 92 valence electrons. The van der Waals surface area contributed by atoms with Crippen LogP contribution in [0.15, 0.2) is 24.3 Å². The fraction of sp³-hybridized carbons (Fsp3) is 0.182. The SMILES string of the molecule is O=C(O)C=Cc1ccc(C(F)(F)F)cc1CO. The maximum Gasteiger partial charge on any atom is 0.416 e. The molecule has 0 amide bonds. The van der Waals surface area contributed by atoms with Crippen LogP contribution in [0.5, 0.6) is 0 Å². The summed E-state index contributed by atoms with van der Waals surface area (Å²) >= 11 is 0. The summed E-state index contributed by atoms with van der Waals surface area (Å²) in [5.74, 6) is -1.21. The largest absolute Gasteiger partial charge is 0.478 e. The summed E-state index contributed by atoms with van der Waals surface area (Å²) in [6.07, 6.45) is -2.56. The first-order valence-electron chi connectivity index (χ1n) is 4.56. The van der Waals surface area contributed by atoms with E-state index in [0.717, 1.165) is 30.4 Å². The molecule has 0 saturated carbocycles. The van der Waals surface area contributed by atoms with E-state index in [-0.39, 0.29) is 11.1 Å². The van der Waals surface area contributed by atoms with Gasteiger partial charge in [-0.2, -0.15) is 13.2 Å². The topological polar surface area (TPSA) is 57.5 Å². The van der Waals surface area contributed by atoms with Gasteiger partial charge in [0.05, 0.1) is 12.2 Å². The molecule has 0 heterocycles. The third-order valence-corrected chi connectivity index (χ3v) is 2.05. The highest BCUT2D eigenvalue weighted by molar-refractivity contribution is 5.85. The van der Waals surface area contributed by atoms with Crippen LogP contribution in [0.1, 0.15) is 16.7 Å². The molecule has 0 fully saturated rings. The summed E-state index contributed by atoms with van der Waals surface area (Å²) in [7, 11) is 0. The second-order valence-corrected chi connectivity index (χ2v) is 3.24. The van der Waals surface area contributed by atoms with Crippen LogP contribution in [-0.2, 0) is 17.6 Å². The molecule has 0 atom stereocenters. The molecule has 0 bridgehead atoms. The number of carboxylic acid groups (broad SMARTS) is 1. The van der Waals surface area contributed by atoms with Crippen LogP contribution in [0.4, 0.5) is 13.2 Å². The lowest BCUT2D eigenvalue weighted by Gasteiger charge is -2.09. The molecule has 1 rings (SSSR count). The van der Waals surface area contributed by atoms with Gasteiger partial charge in [0.2, 0.25) is 0 Å². The third-order valence-electron chi connectivity index (χ3n) is 2.05. The number of carbonyl (C=O) groups is 1. The minimum atomic E-state index is -4.49. The van der Waals surface area contributed by atoms with Gasteiger partial charge in [-0.25, -0.2) is 4.79 Å². The van der Waals surface area contributed by atoms with Crippen LogP contribution >= 0.6 is 0 Å². The van der Waals surface area contributed by atoms with Gasteiger partial charge in [0.15, 0.2) is 0 Å². The predicted molar refractivity (Wildman–Crippen MR) is 54.0 cm³/mol. The van der Waals surface area contributed by atoms with Crippen molar-refractivity contribution in [1.82, 2.24) is 0 Å². The van der Waals surface area contributed by atoms with Crippen molar-refractivity contribution < 1.29 is 28.2 Å². The van der Waals surface area contributed by atoms with Crippen LogP contribution in [0, 0.1) is 0 Å². The maximum atomic E-state index is 12.4. The summed E-state index contributed by atoms with van der Waals surface area (Å²) in [5, 5.41) is 17.3. The number of alkyl halides is 3. The number of rotatable bonds is 3. The van der Waals surface area contributed by atoms with Crippen molar-refractivity contribution in [1.29, 1.82) is 0 Å². The first kappa shape index (κ1) is 13.2. The number of halogens is 3. The zero-order valence-electron chi connectivity index (χ0n) is 8.53. The highest BCUT2D eigenvalue weighted by atomic mass is 19.4. The van der Waals surface area contributed by atoms with E-state index < -0.39 is 24.3 Å². The molecule has 3 nitrogen and oxygen atoms in total. The van der Waals surface area contributed by atoms with Crippen molar-refractivity contribution in [2.24, 2.45) is 0 Å². The first-order chi connectivity index (χ1) is 7.84. The maximum absolute atomic E-state index is 12.4. The van der Waals surface area contributed by atoms with Crippen LogP contribution in [0.2, 0.25) is 0 Å². The number of aliphatic hydroxyl groups excluding tert-OH is 1. The van der Waals surface area contributed by atoms with Gasteiger partial charge in [-0.05, 0) is 29.3 Å². The Morgan fingerprint density at radius 3 is 2.47 bits per heavy atom. The number of hydrogen-bond donors (Lipinski definition) is 2. The van der Waals surface area contributed by atoms with E-state index in [1.165, 1.54) is 0 Å². The lowest BCUT2D eigenvalue weighted by molar-refractivity contribution is -0.137. The summed E-state index contributed by atoms with van der Waals surface area (Å²) < 4.78 is 37.1. The second-order valence-electron chi connectivity index (χ2n) is 3.24. The highest BCUT2D eigenvalue weighted by Gasteiger charge is 2.30. The quantitative estimate of drug-likeness (QED) is 0.804. The standard InChI is InChI=1S/C11H9F3O3/c12-11(13,14)9-3-1-7(2-4-10(16)17)8(5-9)6-15/h1-5,15H,6H2,(H,16,17). The predicted octanol–water partition coefficient (Wildman–Crippen LogP) is 2.30. The molecule has 17 heavy (non-hydrogen) atoms. The third kappa shape index (κ3) is 3.60. The highest BCUT2D eigenvalue weighted by Crippen LogP contribution is 2.30.